The van der Waals surface area contributed by atoms with E-state index < -0.39 is 0 Å². The van der Waals surface area contributed by atoms with Crippen molar-refractivity contribution in [1.82, 2.24) is 5.32 Å². The van der Waals surface area contributed by atoms with Gasteiger partial charge in [-0.15, -0.1) is 11.3 Å². The number of amides is 2. The van der Waals surface area contributed by atoms with Gasteiger partial charge in [0.1, 0.15) is 4.88 Å². The van der Waals surface area contributed by atoms with Crippen LogP contribution in [-0.2, 0) is 0 Å². The van der Waals surface area contributed by atoms with Crippen LogP contribution >= 0.6 is 22.9 Å². The molecule has 1 aromatic carbocycles. The second-order valence-electron chi connectivity index (χ2n) is 5.24. The molecule has 6 heteroatoms. The van der Waals surface area contributed by atoms with Gasteiger partial charge in [-0.2, -0.15) is 0 Å². The molecule has 0 spiro atoms. The lowest BCUT2D eigenvalue weighted by atomic mass is 10.1. The maximum Gasteiger partial charge on any atom is 0.267 e. The fourth-order valence-electron chi connectivity index (χ4n) is 1.78. The van der Waals surface area contributed by atoms with Crippen LogP contribution in [0.4, 0.5) is 5.69 Å². The molecule has 2 N–H and O–H groups in total. The monoisotopic (exact) mass is 336 g/mol. The summed E-state index contributed by atoms with van der Waals surface area (Å²) in [5, 5.41) is 7.78. The molecular formula is C16H17ClN2O2S. The van der Waals surface area contributed by atoms with E-state index in [1.165, 1.54) is 11.3 Å². The second kappa shape index (κ2) is 7.42. The van der Waals surface area contributed by atoms with Crippen molar-refractivity contribution in [3.8, 4) is 0 Å². The largest absolute Gasteiger partial charge is 0.352 e. The van der Waals surface area contributed by atoms with E-state index in [-0.39, 0.29) is 11.8 Å². The number of nitrogens with one attached hydrogen (secondary N) is 2. The van der Waals surface area contributed by atoms with Crippen LogP contribution < -0.4 is 10.6 Å². The summed E-state index contributed by atoms with van der Waals surface area (Å²) in [6.07, 6.45) is 0. The van der Waals surface area contributed by atoms with Crippen molar-refractivity contribution in [3.05, 3.63) is 51.2 Å². The lowest BCUT2D eigenvalue weighted by Gasteiger charge is -2.09. The average molecular weight is 337 g/mol. The molecule has 2 amide bonds. The minimum Gasteiger partial charge on any atom is -0.352 e. The van der Waals surface area contributed by atoms with E-state index in [0.29, 0.717) is 33.6 Å². The zero-order chi connectivity index (χ0) is 16.1. The van der Waals surface area contributed by atoms with Crippen molar-refractivity contribution in [2.45, 2.75) is 13.8 Å². The number of halogens is 1. The van der Waals surface area contributed by atoms with E-state index in [1.807, 2.05) is 13.8 Å². The average Bonchev–Trinajstić information content (AvgIpc) is 2.91. The van der Waals surface area contributed by atoms with Crippen LogP contribution in [0.5, 0.6) is 0 Å². The van der Waals surface area contributed by atoms with E-state index in [2.05, 4.69) is 10.6 Å². The number of carbonyl (C=O) groups is 2. The van der Waals surface area contributed by atoms with Crippen molar-refractivity contribution in [2.24, 2.45) is 5.92 Å². The molecule has 0 aliphatic carbocycles. The Labute approximate surface area is 138 Å². The van der Waals surface area contributed by atoms with Crippen molar-refractivity contribution >= 4 is 40.4 Å². The molecule has 22 heavy (non-hydrogen) atoms. The fraction of sp³-hybridized carbons (Fsp3) is 0.250. The third-order valence-electron chi connectivity index (χ3n) is 2.88. The molecule has 0 saturated carbocycles. The summed E-state index contributed by atoms with van der Waals surface area (Å²) in [5.41, 5.74) is 1.07. The molecule has 4 nitrogen and oxygen atoms in total. The van der Waals surface area contributed by atoms with E-state index in [4.69, 9.17) is 11.6 Å². The summed E-state index contributed by atoms with van der Waals surface area (Å²) in [6, 6.07) is 8.50. The molecular weight excluding hydrogens is 320 g/mol. The first kappa shape index (κ1) is 16.5. The van der Waals surface area contributed by atoms with E-state index in [9.17, 15) is 9.59 Å². The quantitative estimate of drug-likeness (QED) is 0.865. The Morgan fingerprint density at radius 2 is 2.00 bits per heavy atom. The summed E-state index contributed by atoms with van der Waals surface area (Å²) in [5.74, 6) is -0.0495. The Morgan fingerprint density at radius 1 is 1.23 bits per heavy atom. The molecule has 0 aliphatic rings. The molecule has 2 aromatic rings. The first-order valence-corrected chi connectivity index (χ1v) is 8.15. The SMILES string of the molecule is CC(C)CNC(=O)c1cccc(NC(=O)c2sccc2Cl)c1. The number of hydrogen-bond donors (Lipinski definition) is 2. The molecule has 1 aromatic heterocycles. The van der Waals surface area contributed by atoms with Gasteiger partial charge in [0.15, 0.2) is 0 Å². The van der Waals surface area contributed by atoms with Gasteiger partial charge in [0.05, 0.1) is 5.02 Å². The van der Waals surface area contributed by atoms with Crippen LogP contribution in [0.2, 0.25) is 5.02 Å². The molecule has 0 saturated heterocycles. The number of carbonyl (C=O) groups excluding carboxylic acids is 2. The molecule has 0 unspecified atom stereocenters. The minimum atomic E-state index is -0.278. The maximum atomic E-state index is 12.1. The Balaban J connectivity index is 2.07. The Hall–Kier alpha value is -1.85. The lowest BCUT2D eigenvalue weighted by molar-refractivity contribution is 0.0947. The molecule has 0 bridgehead atoms. The van der Waals surface area contributed by atoms with Gasteiger partial charge in [0, 0.05) is 17.8 Å². The Bertz CT molecular complexity index is 682. The zero-order valence-electron chi connectivity index (χ0n) is 12.4. The van der Waals surface area contributed by atoms with Crippen molar-refractivity contribution < 1.29 is 9.59 Å². The van der Waals surface area contributed by atoms with Crippen LogP contribution in [0.1, 0.15) is 33.9 Å². The molecule has 1 heterocycles. The summed E-state index contributed by atoms with van der Waals surface area (Å²) in [4.78, 5) is 24.6. The summed E-state index contributed by atoms with van der Waals surface area (Å²) in [7, 11) is 0. The topological polar surface area (TPSA) is 58.2 Å². The van der Waals surface area contributed by atoms with E-state index in [1.54, 1.807) is 35.7 Å². The van der Waals surface area contributed by atoms with Crippen LogP contribution in [0.25, 0.3) is 0 Å². The van der Waals surface area contributed by atoms with Crippen molar-refractivity contribution in [1.29, 1.82) is 0 Å². The van der Waals surface area contributed by atoms with Gasteiger partial charge in [-0.3, -0.25) is 9.59 Å². The number of thiophene rings is 1. The second-order valence-corrected chi connectivity index (χ2v) is 6.56. The van der Waals surface area contributed by atoms with Crippen molar-refractivity contribution in [2.75, 3.05) is 11.9 Å². The first-order chi connectivity index (χ1) is 10.5. The molecule has 0 atom stereocenters. The van der Waals surface area contributed by atoms with E-state index in [0.717, 1.165) is 0 Å². The molecule has 0 aliphatic heterocycles. The van der Waals surface area contributed by atoms with Crippen LogP contribution in [0.15, 0.2) is 35.7 Å². The van der Waals surface area contributed by atoms with Gasteiger partial charge in [-0.25, -0.2) is 0 Å². The Morgan fingerprint density at radius 3 is 2.64 bits per heavy atom. The standard InChI is InChI=1S/C16H17ClN2O2S/c1-10(2)9-18-15(20)11-4-3-5-12(8-11)19-16(21)14-13(17)6-7-22-14/h3-8,10H,9H2,1-2H3,(H,18,20)(H,19,21). The lowest BCUT2D eigenvalue weighted by Crippen LogP contribution is -2.27. The number of anilines is 1. The number of rotatable bonds is 5. The molecule has 0 fully saturated rings. The summed E-state index contributed by atoms with van der Waals surface area (Å²) >= 11 is 7.21. The van der Waals surface area contributed by atoms with Crippen molar-refractivity contribution in [3.63, 3.8) is 0 Å². The normalized spacial score (nSPS) is 10.5. The summed E-state index contributed by atoms with van der Waals surface area (Å²) < 4.78 is 0. The highest BCUT2D eigenvalue weighted by molar-refractivity contribution is 7.12. The number of hydrogen-bond acceptors (Lipinski definition) is 3. The highest BCUT2D eigenvalue weighted by Gasteiger charge is 2.13. The van der Waals surface area contributed by atoms with Crippen LogP contribution in [0.3, 0.4) is 0 Å². The van der Waals surface area contributed by atoms with Gasteiger partial charge in [-0.1, -0.05) is 31.5 Å². The van der Waals surface area contributed by atoms with Gasteiger partial charge < -0.3 is 10.6 Å². The molecule has 2 rings (SSSR count). The van der Waals surface area contributed by atoms with Gasteiger partial charge in [0.25, 0.3) is 11.8 Å². The third kappa shape index (κ3) is 4.32. The smallest absolute Gasteiger partial charge is 0.267 e. The zero-order valence-corrected chi connectivity index (χ0v) is 13.9. The number of benzene rings is 1. The fourth-order valence-corrected chi connectivity index (χ4v) is 2.82. The first-order valence-electron chi connectivity index (χ1n) is 6.90. The van der Waals surface area contributed by atoms with Gasteiger partial charge in [-0.05, 0) is 35.6 Å². The highest BCUT2D eigenvalue weighted by atomic mass is 35.5. The minimum absolute atomic E-state index is 0.154. The molecule has 0 radical (unpaired) electrons. The summed E-state index contributed by atoms with van der Waals surface area (Å²) in [6.45, 7) is 4.67. The highest BCUT2D eigenvalue weighted by Crippen LogP contribution is 2.23. The third-order valence-corrected chi connectivity index (χ3v) is 4.22. The Kier molecular flexibility index (Phi) is 5.57. The van der Waals surface area contributed by atoms with Crippen LogP contribution in [-0.4, -0.2) is 18.4 Å². The maximum absolute atomic E-state index is 12.1. The van der Waals surface area contributed by atoms with Gasteiger partial charge in [0.2, 0.25) is 0 Å². The van der Waals surface area contributed by atoms with Crippen LogP contribution in [0, 0.1) is 5.92 Å². The predicted molar refractivity (Wildman–Crippen MR) is 90.9 cm³/mol. The predicted octanol–water partition coefficient (Wildman–Crippen LogP) is 4.04. The van der Waals surface area contributed by atoms with Gasteiger partial charge >= 0.3 is 0 Å². The molecule has 116 valence electrons. The van der Waals surface area contributed by atoms with E-state index >= 15 is 0 Å².